The lowest BCUT2D eigenvalue weighted by Crippen LogP contribution is -2.17. The fraction of sp³-hybridized carbons (Fsp3) is 0.500. The van der Waals surface area contributed by atoms with E-state index in [9.17, 15) is 4.79 Å². The quantitative estimate of drug-likeness (QED) is 0.730. The number of nitrogens with zero attached hydrogens (tertiary/aromatic N) is 3. The van der Waals surface area contributed by atoms with Gasteiger partial charge < -0.3 is 5.32 Å². The summed E-state index contributed by atoms with van der Waals surface area (Å²) in [7, 11) is 0. The molecule has 0 saturated heterocycles. The summed E-state index contributed by atoms with van der Waals surface area (Å²) in [5, 5.41) is 11.4. The lowest BCUT2D eigenvalue weighted by molar-refractivity contribution is 0.603. The molecule has 0 amide bonds. The van der Waals surface area contributed by atoms with E-state index in [1.807, 2.05) is 25.3 Å². The molecule has 2 rings (SSSR count). The van der Waals surface area contributed by atoms with Crippen molar-refractivity contribution in [2.75, 3.05) is 6.54 Å². The maximum absolute atomic E-state index is 11.6. The van der Waals surface area contributed by atoms with Crippen LogP contribution in [0.15, 0.2) is 33.3 Å². The van der Waals surface area contributed by atoms with Crippen LogP contribution in [0.3, 0.4) is 0 Å². The molecule has 0 bridgehead atoms. The molecule has 0 atom stereocenters. The van der Waals surface area contributed by atoms with Crippen LogP contribution >= 0.6 is 11.8 Å². The second-order valence-electron chi connectivity index (χ2n) is 4.75. The molecule has 0 radical (unpaired) electrons. The Morgan fingerprint density at radius 2 is 2.19 bits per heavy atom. The number of nitrogens with one attached hydrogen (secondary N) is 2. The predicted molar refractivity (Wildman–Crippen MR) is 83.5 cm³/mol. The molecule has 2 aromatic heterocycles. The molecule has 0 aliphatic carbocycles. The molecule has 2 N–H and O–H groups in total. The Balaban J connectivity index is 2.01. The van der Waals surface area contributed by atoms with Gasteiger partial charge in [0.25, 0.3) is 0 Å². The highest BCUT2D eigenvalue weighted by Crippen LogP contribution is 2.23. The lowest BCUT2D eigenvalue weighted by atomic mass is 10.3. The van der Waals surface area contributed by atoms with Gasteiger partial charge in [0.2, 0.25) is 0 Å². The third kappa shape index (κ3) is 4.44. The standard InChI is InChI=1S/C14H21N5OS/c1-3-7-15-9-11-5-6-12(16-10-11)21-14-18-17-13(20)19(14)8-4-2/h5-6,10,15H,3-4,7-9H2,1-2H3,(H,17,20). The molecule has 0 aliphatic heterocycles. The first kappa shape index (κ1) is 15.8. The Labute approximate surface area is 128 Å². The van der Waals surface area contributed by atoms with Crippen molar-refractivity contribution in [2.45, 2.75) is 50.0 Å². The third-order valence-corrected chi connectivity index (χ3v) is 3.86. The Hall–Kier alpha value is -1.60. The summed E-state index contributed by atoms with van der Waals surface area (Å²) >= 11 is 1.40. The van der Waals surface area contributed by atoms with Gasteiger partial charge in [0.1, 0.15) is 5.03 Å². The predicted octanol–water partition coefficient (Wildman–Crippen LogP) is 2.03. The smallest absolute Gasteiger partial charge is 0.313 e. The summed E-state index contributed by atoms with van der Waals surface area (Å²) in [6, 6.07) is 4.01. The highest BCUT2D eigenvalue weighted by atomic mass is 32.2. The van der Waals surface area contributed by atoms with E-state index in [1.165, 1.54) is 11.8 Å². The van der Waals surface area contributed by atoms with Crippen LogP contribution in [0.25, 0.3) is 0 Å². The van der Waals surface area contributed by atoms with E-state index in [0.717, 1.165) is 36.5 Å². The first-order chi connectivity index (χ1) is 10.2. The highest BCUT2D eigenvalue weighted by Gasteiger charge is 2.09. The van der Waals surface area contributed by atoms with Crippen LogP contribution in [0.1, 0.15) is 32.3 Å². The normalized spacial score (nSPS) is 11.0. The van der Waals surface area contributed by atoms with E-state index in [0.29, 0.717) is 11.7 Å². The van der Waals surface area contributed by atoms with Gasteiger partial charge in [-0.2, -0.15) is 0 Å². The number of pyridine rings is 1. The fourth-order valence-corrected chi connectivity index (χ4v) is 2.69. The third-order valence-electron chi connectivity index (χ3n) is 2.92. The first-order valence-corrected chi connectivity index (χ1v) is 8.05. The van der Waals surface area contributed by atoms with E-state index in [2.05, 4.69) is 27.4 Å². The number of H-pyrrole nitrogens is 1. The van der Waals surface area contributed by atoms with Crippen molar-refractivity contribution in [1.29, 1.82) is 0 Å². The molecular formula is C14H21N5OS. The van der Waals surface area contributed by atoms with E-state index in [-0.39, 0.29) is 5.69 Å². The van der Waals surface area contributed by atoms with E-state index < -0.39 is 0 Å². The average Bonchev–Trinajstić information content (AvgIpc) is 2.83. The van der Waals surface area contributed by atoms with Crippen molar-refractivity contribution in [1.82, 2.24) is 25.1 Å². The zero-order valence-electron chi connectivity index (χ0n) is 12.4. The highest BCUT2D eigenvalue weighted by molar-refractivity contribution is 7.99. The number of rotatable bonds is 8. The molecule has 6 nitrogen and oxygen atoms in total. The fourth-order valence-electron chi connectivity index (χ4n) is 1.88. The second-order valence-corrected chi connectivity index (χ2v) is 5.73. The van der Waals surface area contributed by atoms with Gasteiger partial charge in [-0.05, 0) is 42.8 Å². The van der Waals surface area contributed by atoms with Crippen LogP contribution < -0.4 is 11.0 Å². The Kier molecular flexibility index (Phi) is 6.01. The van der Waals surface area contributed by atoms with Crippen LogP contribution in [-0.2, 0) is 13.1 Å². The number of aromatic nitrogens is 4. The molecule has 0 saturated carbocycles. The topological polar surface area (TPSA) is 75.6 Å². The van der Waals surface area contributed by atoms with Crippen molar-refractivity contribution in [3.63, 3.8) is 0 Å². The van der Waals surface area contributed by atoms with Gasteiger partial charge in [-0.15, -0.1) is 5.10 Å². The van der Waals surface area contributed by atoms with Crippen molar-refractivity contribution < 1.29 is 0 Å². The minimum atomic E-state index is -0.167. The Morgan fingerprint density at radius 3 is 2.86 bits per heavy atom. The van der Waals surface area contributed by atoms with E-state index >= 15 is 0 Å². The van der Waals surface area contributed by atoms with Gasteiger partial charge in [0, 0.05) is 19.3 Å². The monoisotopic (exact) mass is 307 g/mol. The maximum atomic E-state index is 11.6. The van der Waals surface area contributed by atoms with Gasteiger partial charge in [0.15, 0.2) is 5.16 Å². The van der Waals surface area contributed by atoms with Crippen LogP contribution in [0, 0.1) is 0 Å². The molecule has 0 unspecified atom stereocenters. The van der Waals surface area contributed by atoms with Gasteiger partial charge in [-0.25, -0.2) is 14.9 Å². The number of hydrogen-bond donors (Lipinski definition) is 2. The molecule has 7 heteroatoms. The SMILES string of the molecule is CCCNCc1ccc(Sc2n[nH]c(=O)n2CCC)nc1. The van der Waals surface area contributed by atoms with Crippen molar-refractivity contribution in [3.05, 3.63) is 34.4 Å². The first-order valence-electron chi connectivity index (χ1n) is 7.23. The summed E-state index contributed by atoms with van der Waals surface area (Å²) < 4.78 is 1.64. The summed E-state index contributed by atoms with van der Waals surface area (Å²) in [6.45, 7) is 6.67. The maximum Gasteiger partial charge on any atom is 0.343 e. The zero-order valence-corrected chi connectivity index (χ0v) is 13.2. The molecule has 0 aliphatic rings. The summed E-state index contributed by atoms with van der Waals surface area (Å²) in [6.07, 6.45) is 3.87. The molecule has 21 heavy (non-hydrogen) atoms. The van der Waals surface area contributed by atoms with E-state index in [4.69, 9.17) is 0 Å². The minimum absolute atomic E-state index is 0.167. The summed E-state index contributed by atoms with van der Waals surface area (Å²) in [5.74, 6) is 0. The zero-order chi connectivity index (χ0) is 15.1. The minimum Gasteiger partial charge on any atom is -0.313 e. The van der Waals surface area contributed by atoms with Crippen molar-refractivity contribution >= 4 is 11.8 Å². The van der Waals surface area contributed by atoms with Gasteiger partial charge in [-0.1, -0.05) is 19.9 Å². The second kappa shape index (κ2) is 7.99. The van der Waals surface area contributed by atoms with E-state index in [1.54, 1.807) is 4.57 Å². The summed E-state index contributed by atoms with van der Waals surface area (Å²) in [4.78, 5) is 16.0. The average molecular weight is 307 g/mol. The molecule has 2 aromatic rings. The van der Waals surface area contributed by atoms with Crippen molar-refractivity contribution in [2.24, 2.45) is 0 Å². The molecule has 2 heterocycles. The van der Waals surface area contributed by atoms with Crippen LogP contribution in [-0.4, -0.2) is 26.3 Å². The molecular weight excluding hydrogens is 286 g/mol. The van der Waals surface area contributed by atoms with Crippen LogP contribution in [0.4, 0.5) is 0 Å². The number of hydrogen-bond acceptors (Lipinski definition) is 5. The molecule has 0 spiro atoms. The molecule has 114 valence electrons. The van der Waals surface area contributed by atoms with Crippen molar-refractivity contribution in [3.8, 4) is 0 Å². The van der Waals surface area contributed by atoms with Crippen LogP contribution in [0.5, 0.6) is 0 Å². The molecule has 0 fully saturated rings. The van der Waals surface area contributed by atoms with Gasteiger partial charge in [-0.3, -0.25) is 4.57 Å². The van der Waals surface area contributed by atoms with Gasteiger partial charge in [0.05, 0.1) is 0 Å². The van der Waals surface area contributed by atoms with Crippen LogP contribution in [0.2, 0.25) is 0 Å². The lowest BCUT2D eigenvalue weighted by Gasteiger charge is -2.05. The molecule has 0 aromatic carbocycles. The Bertz CT molecular complexity index is 605. The summed E-state index contributed by atoms with van der Waals surface area (Å²) in [5.41, 5.74) is 0.987. The largest absolute Gasteiger partial charge is 0.343 e. The Morgan fingerprint density at radius 1 is 1.33 bits per heavy atom. The number of aromatic amines is 1. The van der Waals surface area contributed by atoms with Gasteiger partial charge >= 0.3 is 5.69 Å².